The van der Waals surface area contributed by atoms with E-state index < -0.39 is 18.2 Å². The molecule has 1 saturated carbocycles. The lowest BCUT2D eigenvalue weighted by atomic mass is 9.80. The van der Waals surface area contributed by atoms with Gasteiger partial charge in [0.15, 0.2) is 11.6 Å². The predicted molar refractivity (Wildman–Crippen MR) is 74.0 cm³/mol. The van der Waals surface area contributed by atoms with Crippen LogP contribution >= 0.6 is 0 Å². The average molecular weight is 303 g/mol. The summed E-state index contributed by atoms with van der Waals surface area (Å²) in [5, 5.41) is 0. The van der Waals surface area contributed by atoms with Crippen LogP contribution in [0, 0.1) is 17.7 Å². The van der Waals surface area contributed by atoms with Crippen LogP contribution in [-0.2, 0) is 0 Å². The summed E-state index contributed by atoms with van der Waals surface area (Å²) >= 11 is 0. The molecular formula is C15H20F3NO2. The van der Waals surface area contributed by atoms with Crippen LogP contribution in [0.15, 0.2) is 12.1 Å². The Kier molecular flexibility index (Phi) is 4.85. The lowest BCUT2D eigenvalue weighted by Crippen LogP contribution is -2.29. The van der Waals surface area contributed by atoms with Crippen LogP contribution in [0.3, 0.4) is 0 Å². The number of rotatable bonds is 4. The highest BCUT2D eigenvalue weighted by Gasteiger charge is 2.26. The van der Waals surface area contributed by atoms with Crippen LogP contribution in [0.4, 0.5) is 18.9 Å². The minimum atomic E-state index is -3.09. The molecule has 1 aromatic carbocycles. The van der Waals surface area contributed by atoms with E-state index in [4.69, 9.17) is 10.5 Å². The molecule has 0 saturated heterocycles. The zero-order chi connectivity index (χ0) is 15.6. The number of halogens is 3. The Hall–Kier alpha value is -1.59. The third-order valence-electron chi connectivity index (χ3n) is 4.12. The maximum Gasteiger partial charge on any atom is 0.387 e. The fraction of sp³-hybridized carbons (Fsp3) is 0.600. The third kappa shape index (κ3) is 3.95. The highest BCUT2D eigenvalue weighted by molar-refractivity contribution is 5.56. The van der Waals surface area contributed by atoms with E-state index in [-0.39, 0.29) is 17.5 Å². The number of hydrogen-bond donors (Lipinski definition) is 1. The lowest BCUT2D eigenvalue weighted by Gasteiger charge is -2.32. The second kappa shape index (κ2) is 6.45. The Morgan fingerprint density at radius 1 is 1.14 bits per heavy atom. The van der Waals surface area contributed by atoms with E-state index in [0.717, 1.165) is 31.4 Å². The standard InChI is InChI=1S/C15H20F3NO2/c1-8-3-4-10(5-9(8)2)20-14-7-13(21-15(17)18)11(16)6-12(14)19/h6-10,15H,3-5,19H2,1-2H3. The molecule has 2 rings (SSSR count). The molecule has 3 atom stereocenters. The monoisotopic (exact) mass is 303 g/mol. The second-order valence-corrected chi connectivity index (χ2v) is 5.71. The van der Waals surface area contributed by atoms with Crippen LogP contribution in [0.25, 0.3) is 0 Å². The summed E-state index contributed by atoms with van der Waals surface area (Å²) in [7, 11) is 0. The van der Waals surface area contributed by atoms with Crippen molar-refractivity contribution < 1.29 is 22.6 Å². The Bertz CT molecular complexity index is 496. The van der Waals surface area contributed by atoms with Gasteiger partial charge < -0.3 is 15.2 Å². The number of benzene rings is 1. The van der Waals surface area contributed by atoms with Gasteiger partial charge >= 0.3 is 6.61 Å². The summed E-state index contributed by atoms with van der Waals surface area (Å²) in [6.45, 7) is 1.26. The van der Waals surface area contributed by atoms with Gasteiger partial charge in [-0.2, -0.15) is 8.78 Å². The first-order chi connectivity index (χ1) is 9.86. The first kappa shape index (κ1) is 15.8. The van der Waals surface area contributed by atoms with Crippen LogP contribution in [0.2, 0.25) is 0 Å². The Labute approximate surface area is 122 Å². The Morgan fingerprint density at radius 3 is 2.48 bits per heavy atom. The van der Waals surface area contributed by atoms with Crippen LogP contribution in [0.1, 0.15) is 33.1 Å². The molecule has 0 aliphatic heterocycles. The zero-order valence-corrected chi connectivity index (χ0v) is 12.1. The smallest absolute Gasteiger partial charge is 0.387 e. The molecule has 3 nitrogen and oxygen atoms in total. The molecule has 6 heteroatoms. The van der Waals surface area contributed by atoms with Crippen molar-refractivity contribution in [1.29, 1.82) is 0 Å². The van der Waals surface area contributed by atoms with Crippen molar-refractivity contribution in [3.63, 3.8) is 0 Å². The second-order valence-electron chi connectivity index (χ2n) is 5.71. The van der Waals surface area contributed by atoms with Gasteiger partial charge in [-0.1, -0.05) is 13.8 Å². The Morgan fingerprint density at radius 2 is 1.86 bits per heavy atom. The zero-order valence-electron chi connectivity index (χ0n) is 12.1. The molecule has 0 spiro atoms. The summed E-state index contributed by atoms with van der Waals surface area (Å²) in [4.78, 5) is 0. The van der Waals surface area contributed by atoms with Gasteiger partial charge in [0.1, 0.15) is 5.75 Å². The summed E-state index contributed by atoms with van der Waals surface area (Å²) in [5.74, 6) is -0.133. The summed E-state index contributed by atoms with van der Waals surface area (Å²) in [5.41, 5.74) is 5.78. The first-order valence-corrected chi connectivity index (χ1v) is 7.07. The van der Waals surface area contributed by atoms with Crippen molar-refractivity contribution in [3.05, 3.63) is 17.9 Å². The molecule has 1 fully saturated rings. The fourth-order valence-corrected chi connectivity index (χ4v) is 2.62. The van der Waals surface area contributed by atoms with Gasteiger partial charge in [-0.25, -0.2) is 4.39 Å². The van der Waals surface area contributed by atoms with Gasteiger partial charge in [-0.05, 0) is 31.1 Å². The van der Waals surface area contributed by atoms with Gasteiger partial charge in [-0.15, -0.1) is 0 Å². The molecule has 2 N–H and O–H groups in total. The van der Waals surface area contributed by atoms with Crippen molar-refractivity contribution in [2.45, 2.75) is 45.8 Å². The maximum atomic E-state index is 13.5. The molecule has 0 heterocycles. The van der Waals surface area contributed by atoms with E-state index in [1.54, 1.807) is 0 Å². The number of nitrogens with two attached hydrogens (primary N) is 1. The van der Waals surface area contributed by atoms with Crippen molar-refractivity contribution in [2.75, 3.05) is 5.73 Å². The Balaban J connectivity index is 2.12. The quantitative estimate of drug-likeness (QED) is 0.847. The van der Waals surface area contributed by atoms with Crippen molar-refractivity contribution in [3.8, 4) is 11.5 Å². The van der Waals surface area contributed by atoms with Gasteiger partial charge in [0.05, 0.1) is 11.8 Å². The molecule has 1 aromatic rings. The highest BCUT2D eigenvalue weighted by atomic mass is 19.3. The number of nitrogen functional groups attached to an aromatic ring is 1. The van der Waals surface area contributed by atoms with Gasteiger partial charge in [0, 0.05) is 12.1 Å². The minimum Gasteiger partial charge on any atom is -0.488 e. The molecule has 0 bridgehead atoms. The first-order valence-electron chi connectivity index (χ1n) is 7.07. The summed E-state index contributed by atoms with van der Waals surface area (Å²) in [6.07, 6.45) is 2.73. The van der Waals surface area contributed by atoms with E-state index in [1.807, 2.05) is 0 Å². The van der Waals surface area contributed by atoms with Crippen molar-refractivity contribution in [2.24, 2.45) is 11.8 Å². The van der Waals surface area contributed by atoms with Crippen LogP contribution in [0.5, 0.6) is 11.5 Å². The third-order valence-corrected chi connectivity index (χ3v) is 4.12. The molecule has 21 heavy (non-hydrogen) atoms. The number of hydrogen-bond acceptors (Lipinski definition) is 3. The fourth-order valence-electron chi connectivity index (χ4n) is 2.62. The topological polar surface area (TPSA) is 44.5 Å². The van der Waals surface area contributed by atoms with Crippen LogP contribution < -0.4 is 15.2 Å². The molecule has 1 aliphatic rings. The van der Waals surface area contributed by atoms with Crippen molar-refractivity contribution >= 4 is 5.69 Å². The van der Waals surface area contributed by atoms with E-state index in [2.05, 4.69) is 18.6 Å². The van der Waals surface area contributed by atoms with E-state index in [9.17, 15) is 13.2 Å². The van der Waals surface area contributed by atoms with Gasteiger partial charge in [0.2, 0.25) is 0 Å². The summed E-state index contributed by atoms with van der Waals surface area (Å²) < 4.78 is 47.8. The average Bonchev–Trinajstić information content (AvgIpc) is 2.39. The molecule has 118 valence electrons. The number of alkyl halides is 2. The van der Waals surface area contributed by atoms with Gasteiger partial charge in [0.25, 0.3) is 0 Å². The minimum absolute atomic E-state index is 0.0386. The van der Waals surface area contributed by atoms with Crippen molar-refractivity contribution in [1.82, 2.24) is 0 Å². The lowest BCUT2D eigenvalue weighted by molar-refractivity contribution is -0.0523. The van der Waals surface area contributed by atoms with E-state index in [0.29, 0.717) is 11.8 Å². The molecular weight excluding hydrogens is 283 g/mol. The molecule has 0 radical (unpaired) electrons. The van der Waals surface area contributed by atoms with Crippen LogP contribution in [-0.4, -0.2) is 12.7 Å². The normalized spacial score (nSPS) is 25.9. The largest absolute Gasteiger partial charge is 0.488 e. The molecule has 1 aliphatic carbocycles. The number of ether oxygens (including phenoxy) is 2. The molecule has 0 aromatic heterocycles. The highest BCUT2D eigenvalue weighted by Crippen LogP contribution is 2.36. The summed E-state index contributed by atoms with van der Waals surface area (Å²) in [6, 6.07) is 2.04. The molecule has 0 amide bonds. The molecule has 3 unspecified atom stereocenters. The maximum absolute atomic E-state index is 13.5. The van der Waals surface area contributed by atoms with E-state index in [1.165, 1.54) is 0 Å². The number of anilines is 1. The predicted octanol–water partition coefficient (Wildman–Crippen LogP) is 4.21. The van der Waals surface area contributed by atoms with Gasteiger partial charge in [-0.3, -0.25) is 0 Å². The van der Waals surface area contributed by atoms with E-state index >= 15 is 0 Å². The SMILES string of the molecule is CC1CCC(Oc2cc(OC(F)F)c(F)cc2N)CC1C.